The molecule has 2 atom stereocenters. The van der Waals surface area contributed by atoms with Gasteiger partial charge in [0.1, 0.15) is 0 Å². The van der Waals surface area contributed by atoms with Gasteiger partial charge in [0.15, 0.2) is 5.17 Å². The van der Waals surface area contributed by atoms with Crippen LogP contribution in [0.1, 0.15) is 66.2 Å². The lowest BCUT2D eigenvalue weighted by Crippen LogP contribution is -2.48. The van der Waals surface area contributed by atoms with Crippen LogP contribution in [0.3, 0.4) is 0 Å². The van der Waals surface area contributed by atoms with E-state index in [4.69, 9.17) is 4.99 Å². The molecule has 3 heteroatoms. The Morgan fingerprint density at radius 2 is 2.18 bits per heavy atom. The van der Waals surface area contributed by atoms with Gasteiger partial charge in [-0.3, -0.25) is 4.99 Å². The molecule has 0 amide bonds. The molecule has 2 nitrogen and oxygen atoms in total. The highest BCUT2D eigenvalue weighted by atomic mass is 32.2. The normalized spacial score (nSPS) is 29.1. The Balaban J connectivity index is 2.42. The molecule has 0 aromatic carbocycles. The van der Waals surface area contributed by atoms with E-state index in [1.165, 1.54) is 49.4 Å². The highest BCUT2D eigenvalue weighted by Crippen LogP contribution is 2.25. The first-order chi connectivity index (χ1) is 8.09. The first-order valence-corrected chi connectivity index (χ1v) is 8.07. The molecule has 1 aliphatic rings. The van der Waals surface area contributed by atoms with Crippen molar-refractivity contribution in [2.24, 2.45) is 4.99 Å². The largest absolute Gasteiger partial charge is 0.360 e. The summed E-state index contributed by atoms with van der Waals surface area (Å²) in [6, 6.07) is 0.468. The lowest BCUT2D eigenvalue weighted by Gasteiger charge is -2.35. The molecule has 1 saturated heterocycles. The molecule has 1 heterocycles. The zero-order valence-electron chi connectivity index (χ0n) is 11.9. The van der Waals surface area contributed by atoms with E-state index in [1.807, 2.05) is 11.8 Å². The number of thioether (sulfide) groups is 1. The Bertz CT molecular complexity index is 253. The predicted octanol–water partition coefficient (Wildman–Crippen LogP) is 4.21. The van der Waals surface area contributed by atoms with Crippen molar-refractivity contribution in [3.8, 4) is 0 Å². The zero-order chi connectivity index (χ0) is 12.7. The number of hydrogen-bond donors (Lipinski definition) is 1. The summed E-state index contributed by atoms with van der Waals surface area (Å²) in [5.41, 5.74) is 0.271. The fourth-order valence-corrected chi connectivity index (χ4v) is 3.34. The van der Waals surface area contributed by atoms with Gasteiger partial charge in [-0.15, -0.1) is 0 Å². The summed E-state index contributed by atoms with van der Waals surface area (Å²) in [5, 5.41) is 4.78. The van der Waals surface area contributed by atoms with Crippen molar-refractivity contribution in [2.75, 3.05) is 5.75 Å². The minimum Gasteiger partial charge on any atom is -0.360 e. The minimum absolute atomic E-state index is 0.271. The van der Waals surface area contributed by atoms with Crippen LogP contribution < -0.4 is 5.32 Å². The molecule has 17 heavy (non-hydrogen) atoms. The van der Waals surface area contributed by atoms with Crippen molar-refractivity contribution in [3.05, 3.63) is 0 Å². The van der Waals surface area contributed by atoms with Gasteiger partial charge in [-0.05, 0) is 33.1 Å². The first-order valence-electron chi connectivity index (χ1n) is 7.08. The molecule has 1 rings (SSSR count). The Labute approximate surface area is 111 Å². The van der Waals surface area contributed by atoms with Crippen molar-refractivity contribution in [1.29, 1.82) is 0 Å². The van der Waals surface area contributed by atoms with E-state index in [9.17, 15) is 0 Å². The molecule has 0 radical (unpaired) electrons. The second-order valence-corrected chi connectivity index (χ2v) is 6.50. The van der Waals surface area contributed by atoms with Gasteiger partial charge < -0.3 is 5.32 Å². The SMILES string of the molecule is CCCCCC(C)N=C1NC(C)(CC)CCS1. The summed E-state index contributed by atoms with van der Waals surface area (Å²) in [6.45, 7) is 9.06. The van der Waals surface area contributed by atoms with Gasteiger partial charge in [0.2, 0.25) is 0 Å². The molecular formula is C14H28N2S. The summed E-state index contributed by atoms with van der Waals surface area (Å²) >= 11 is 1.89. The number of hydrogen-bond acceptors (Lipinski definition) is 2. The summed E-state index contributed by atoms with van der Waals surface area (Å²) in [5.74, 6) is 1.21. The fourth-order valence-electron chi connectivity index (χ4n) is 2.02. The van der Waals surface area contributed by atoms with E-state index < -0.39 is 0 Å². The molecule has 0 bridgehead atoms. The van der Waals surface area contributed by atoms with Crippen LogP contribution in [0.2, 0.25) is 0 Å². The molecule has 0 spiro atoms. The van der Waals surface area contributed by atoms with Crippen molar-refractivity contribution in [3.63, 3.8) is 0 Å². The molecule has 1 N–H and O–H groups in total. The maximum Gasteiger partial charge on any atom is 0.157 e. The van der Waals surface area contributed by atoms with Gasteiger partial charge in [0.05, 0.1) is 0 Å². The van der Waals surface area contributed by atoms with Crippen LogP contribution in [-0.2, 0) is 0 Å². The number of nitrogens with zero attached hydrogens (tertiary/aromatic N) is 1. The molecule has 1 fully saturated rings. The zero-order valence-corrected chi connectivity index (χ0v) is 12.7. The smallest absolute Gasteiger partial charge is 0.157 e. The number of nitrogens with one attached hydrogen (secondary N) is 1. The molecule has 1 aliphatic heterocycles. The monoisotopic (exact) mass is 256 g/mol. The molecule has 0 aromatic heterocycles. The third kappa shape index (κ3) is 5.33. The molecule has 0 aliphatic carbocycles. The van der Waals surface area contributed by atoms with Crippen LogP contribution in [0.15, 0.2) is 4.99 Å². The molecular weight excluding hydrogens is 228 g/mol. The summed E-state index contributed by atoms with van der Waals surface area (Å²) in [4.78, 5) is 4.82. The minimum atomic E-state index is 0.271. The van der Waals surface area contributed by atoms with Crippen LogP contribution in [0, 0.1) is 0 Å². The fraction of sp³-hybridized carbons (Fsp3) is 0.929. The van der Waals surface area contributed by atoms with Gasteiger partial charge >= 0.3 is 0 Å². The van der Waals surface area contributed by atoms with Crippen LogP contribution in [0.4, 0.5) is 0 Å². The highest BCUT2D eigenvalue weighted by molar-refractivity contribution is 8.13. The maximum absolute atomic E-state index is 4.82. The summed E-state index contributed by atoms with van der Waals surface area (Å²) in [6.07, 6.45) is 7.59. The van der Waals surface area contributed by atoms with Gasteiger partial charge in [-0.25, -0.2) is 0 Å². The second-order valence-electron chi connectivity index (χ2n) is 5.42. The Hall–Kier alpha value is -0.180. The number of amidine groups is 1. The van der Waals surface area contributed by atoms with E-state index >= 15 is 0 Å². The van der Waals surface area contributed by atoms with Crippen LogP contribution in [0.5, 0.6) is 0 Å². The van der Waals surface area contributed by atoms with Crippen molar-refractivity contribution in [1.82, 2.24) is 5.32 Å². The van der Waals surface area contributed by atoms with E-state index in [0.29, 0.717) is 6.04 Å². The van der Waals surface area contributed by atoms with Crippen LogP contribution >= 0.6 is 11.8 Å². The number of unbranched alkanes of at least 4 members (excludes halogenated alkanes) is 2. The maximum atomic E-state index is 4.82. The van der Waals surface area contributed by atoms with Gasteiger partial charge in [0, 0.05) is 17.3 Å². The highest BCUT2D eigenvalue weighted by Gasteiger charge is 2.27. The van der Waals surface area contributed by atoms with Crippen molar-refractivity contribution in [2.45, 2.75) is 77.8 Å². The standard InChI is InChI=1S/C14H28N2S/c1-5-7-8-9-12(3)15-13-16-14(4,6-2)10-11-17-13/h12H,5-11H2,1-4H3,(H,15,16). The first kappa shape index (κ1) is 14.9. The molecule has 0 saturated carbocycles. The Morgan fingerprint density at radius 1 is 1.41 bits per heavy atom. The molecule has 2 unspecified atom stereocenters. The van der Waals surface area contributed by atoms with E-state index in [2.05, 4.69) is 33.0 Å². The van der Waals surface area contributed by atoms with E-state index in [1.54, 1.807) is 0 Å². The van der Waals surface area contributed by atoms with Gasteiger partial charge in [-0.2, -0.15) is 0 Å². The number of rotatable bonds is 6. The average molecular weight is 256 g/mol. The van der Waals surface area contributed by atoms with Crippen LogP contribution in [0.25, 0.3) is 0 Å². The third-order valence-electron chi connectivity index (χ3n) is 3.64. The summed E-state index contributed by atoms with van der Waals surface area (Å²) in [7, 11) is 0. The van der Waals surface area contributed by atoms with E-state index in [0.717, 1.165) is 0 Å². The van der Waals surface area contributed by atoms with Crippen LogP contribution in [-0.4, -0.2) is 22.5 Å². The van der Waals surface area contributed by atoms with Gasteiger partial charge in [-0.1, -0.05) is 44.9 Å². The lowest BCUT2D eigenvalue weighted by molar-refractivity contribution is 0.389. The van der Waals surface area contributed by atoms with Gasteiger partial charge in [0.25, 0.3) is 0 Å². The number of aliphatic imine (C=N–C) groups is 1. The Morgan fingerprint density at radius 3 is 2.82 bits per heavy atom. The predicted molar refractivity (Wildman–Crippen MR) is 79.9 cm³/mol. The van der Waals surface area contributed by atoms with Crippen molar-refractivity contribution >= 4 is 16.9 Å². The third-order valence-corrected chi connectivity index (χ3v) is 4.53. The molecule has 0 aromatic rings. The van der Waals surface area contributed by atoms with Crippen molar-refractivity contribution < 1.29 is 0 Å². The second kappa shape index (κ2) is 7.30. The lowest BCUT2D eigenvalue weighted by atomic mass is 9.96. The molecule has 100 valence electrons. The van der Waals surface area contributed by atoms with E-state index in [-0.39, 0.29) is 5.54 Å². The average Bonchev–Trinajstić information content (AvgIpc) is 2.29. The quantitative estimate of drug-likeness (QED) is 0.720. The Kier molecular flexibility index (Phi) is 6.39. The topological polar surface area (TPSA) is 24.4 Å². The summed E-state index contributed by atoms with van der Waals surface area (Å²) < 4.78 is 0.